The van der Waals surface area contributed by atoms with Crippen LogP contribution < -0.4 is 10.5 Å². The molecule has 0 aliphatic carbocycles. The van der Waals surface area contributed by atoms with Gasteiger partial charge in [0.2, 0.25) is 10.0 Å². The topological polar surface area (TPSA) is 118 Å². The van der Waals surface area contributed by atoms with Crippen molar-refractivity contribution in [3.8, 4) is 0 Å². The molecule has 0 spiro atoms. The highest BCUT2D eigenvalue weighted by atomic mass is 32.2. The van der Waals surface area contributed by atoms with Crippen molar-refractivity contribution in [2.75, 3.05) is 11.9 Å². The minimum absolute atomic E-state index is 0.0165. The summed E-state index contributed by atoms with van der Waals surface area (Å²) in [4.78, 5) is 3.94. The van der Waals surface area contributed by atoms with Gasteiger partial charge in [0.05, 0.1) is 18.5 Å². The smallest absolute Gasteiger partial charge is 0.249 e. The highest BCUT2D eigenvalue weighted by Crippen LogP contribution is 2.27. The van der Waals surface area contributed by atoms with Gasteiger partial charge in [0.15, 0.2) is 9.34 Å². The third-order valence-electron chi connectivity index (χ3n) is 2.37. The van der Waals surface area contributed by atoms with E-state index in [9.17, 15) is 8.42 Å². The molecule has 1 unspecified atom stereocenters. The summed E-state index contributed by atoms with van der Waals surface area (Å²) in [7, 11) is -3.74. The predicted molar refractivity (Wildman–Crippen MR) is 70.3 cm³/mol. The van der Waals surface area contributed by atoms with Crippen molar-refractivity contribution in [3.63, 3.8) is 0 Å². The molecule has 0 radical (unpaired) electrons. The molecule has 4 N–H and O–H groups in total. The van der Waals surface area contributed by atoms with Crippen LogP contribution in [0.4, 0.5) is 5.13 Å². The summed E-state index contributed by atoms with van der Waals surface area (Å²) in [6, 6.07) is 3.22. The van der Waals surface area contributed by atoms with Crippen molar-refractivity contribution in [2.24, 2.45) is 5.14 Å². The minimum atomic E-state index is -3.74. The number of nitrogens with two attached hydrogens (primary N) is 1. The normalized spacial score (nSPS) is 13.4. The summed E-state index contributed by atoms with van der Waals surface area (Å²) in [6.07, 6.45) is 3.14. The lowest BCUT2D eigenvalue weighted by Crippen LogP contribution is -2.11. The maximum Gasteiger partial charge on any atom is 0.249 e. The van der Waals surface area contributed by atoms with Gasteiger partial charge in [-0.3, -0.25) is 0 Å². The molecular formula is C10H13N3O4S2. The molecule has 2 aromatic rings. The summed E-state index contributed by atoms with van der Waals surface area (Å²) in [5.74, 6) is 0.640. The van der Waals surface area contributed by atoms with Crippen LogP contribution in [-0.2, 0) is 10.0 Å². The van der Waals surface area contributed by atoms with Gasteiger partial charge in [-0.05, 0) is 18.6 Å². The first-order chi connectivity index (χ1) is 9.00. The Bertz CT molecular complexity index is 621. The van der Waals surface area contributed by atoms with Crippen LogP contribution in [0.5, 0.6) is 0 Å². The van der Waals surface area contributed by atoms with Gasteiger partial charge in [-0.15, -0.1) is 0 Å². The number of furan rings is 1. The van der Waals surface area contributed by atoms with Crippen LogP contribution in [-0.4, -0.2) is 25.1 Å². The molecule has 9 heteroatoms. The Labute approximate surface area is 114 Å². The number of aliphatic hydroxyl groups excluding tert-OH is 1. The first kappa shape index (κ1) is 14.0. The minimum Gasteiger partial charge on any atom is -0.467 e. The van der Waals surface area contributed by atoms with E-state index in [0.29, 0.717) is 17.3 Å². The predicted octanol–water partition coefficient (Wildman–Crippen LogP) is 0.919. The zero-order valence-corrected chi connectivity index (χ0v) is 11.4. The van der Waals surface area contributed by atoms with Crippen LogP contribution in [0.25, 0.3) is 0 Å². The molecule has 1 atom stereocenters. The van der Waals surface area contributed by atoms with Crippen molar-refractivity contribution in [1.29, 1.82) is 0 Å². The Hall–Kier alpha value is -1.42. The fraction of sp³-hybridized carbons (Fsp3) is 0.300. The molecule has 0 aromatic carbocycles. The molecule has 0 saturated heterocycles. The molecule has 104 valence electrons. The second kappa shape index (κ2) is 5.70. The van der Waals surface area contributed by atoms with Crippen LogP contribution in [0.1, 0.15) is 18.2 Å². The van der Waals surface area contributed by atoms with E-state index < -0.39 is 10.0 Å². The zero-order chi connectivity index (χ0) is 13.9. The molecule has 0 aliphatic heterocycles. The van der Waals surface area contributed by atoms with Gasteiger partial charge in [0.25, 0.3) is 0 Å². The zero-order valence-electron chi connectivity index (χ0n) is 9.81. The standard InChI is InChI=1S/C10H13N3O4S2/c11-19(15,16)9-6-12-10(18-9)13-7(3-4-14)8-2-1-5-17-8/h1-2,5-7,14H,3-4H2,(H,12,13)(H2,11,15,16). The molecule has 2 aromatic heterocycles. The fourth-order valence-electron chi connectivity index (χ4n) is 1.51. The molecule has 19 heavy (non-hydrogen) atoms. The number of hydrogen-bond donors (Lipinski definition) is 3. The highest BCUT2D eigenvalue weighted by molar-refractivity contribution is 7.91. The third kappa shape index (κ3) is 3.53. The Morgan fingerprint density at radius 1 is 1.58 bits per heavy atom. The van der Waals surface area contributed by atoms with E-state index in [4.69, 9.17) is 14.7 Å². The van der Waals surface area contributed by atoms with Gasteiger partial charge in [0, 0.05) is 6.61 Å². The Morgan fingerprint density at radius 2 is 2.37 bits per heavy atom. The monoisotopic (exact) mass is 303 g/mol. The highest BCUT2D eigenvalue weighted by Gasteiger charge is 2.18. The van der Waals surface area contributed by atoms with E-state index in [2.05, 4.69) is 10.3 Å². The average molecular weight is 303 g/mol. The van der Waals surface area contributed by atoms with Crippen molar-refractivity contribution >= 4 is 26.5 Å². The largest absolute Gasteiger partial charge is 0.467 e. The molecular weight excluding hydrogens is 290 g/mol. The first-order valence-corrected chi connectivity index (χ1v) is 7.76. The fourth-order valence-corrected chi connectivity index (χ4v) is 3.01. The van der Waals surface area contributed by atoms with Gasteiger partial charge < -0.3 is 14.8 Å². The Kier molecular flexibility index (Phi) is 4.20. The molecule has 2 rings (SSSR count). The third-order valence-corrected chi connectivity index (χ3v) is 4.70. The average Bonchev–Trinajstić information content (AvgIpc) is 2.98. The first-order valence-electron chi connectivity index (χ1n) is 5.40. The number of primary sulfonamides is 1. The van der Waals surface area contributed by atoms with Gasteiger partial charge >= 0.3 is 0 Å². The molecule has 0 bridgehead atoms. The molecule has 0 aliphatic rings. The number of rotatable bonds is 6. The SMILES string of the molecule is NS(=O)(=O)c1cnc(NC(CCO)c2ccco2)s1. The lowest BCUT2D eigenvalue weighted by Gasteiger charge is -2.14. The van der Waals surface area contributed by atoms with E-state index in [-0.39, 0.29) is 16.9 Å². The van der Waals surface area contributed by atoms with E-state index in [1.165, 1.54) is 12.5 Å². The van der Waals surface area contributed by atoms with Gasteiger partial charge in [-0.25, -0.2) is 18.5 Å². The Morgan fingerprint density at radius 3 is 2.89 bits per heavy atom. The van der Waals surface area contributed by atoms with E-state index >= 15 is 0 Å². The Balaban J connectivity index is 2.16. The number of hydrogen-bond acceptors (Lipinski definition) is 7. The number of thiazole rings is 1. The second-order valence-electron chi connectivity index (χ2n) is 3.75. The van der Waals surface area contributed by atoms with Gasteiger partial charge in [-0.1, -0.05) is 11.3 Å². The molecule has 7 nitrogen and oxygen atoms in total. The molecule has 0 amide bonds. The van der Waals surface area contributed by atoms with Crippen molar-refractivity contribution in [3.05, 3.63) is 30.4 Å². The van der Waals surface area contributed by atoms with Crippen molar-refractivity contribution in [2.45, 2.75) is 16.7 Å². The summed E-state index contributed by atoms with van der Waals surface area (Å²) in [5, 5.41) is 17.5. The summed E-state index contributed by atoms with van der Waals surface area (Å²) >= 11 is 0.933. The number of nitrogens with one attached hydrogen (secondary N) is 1. The van der Waals surface area contributed by atoms with Crippen molar-refractivity contribution < 1.29 is 17.9 Å². The molecule has 0 saturated carbocycles. The van der Waals surface area contributed by atoms with Crippen LogP contribution in [0.15, 0.2) is 33.2 Å². The maximum absolute atomic E-state index is 11.1. The summed E-state index contributed by atoms with van der Waals surface area (Å²) in [6.45, 7) is -0.0359. The lowest BCUT2D eigenvalue weighted by atomic mass is 10.1. The van der Waals surface area contributed by atoms with Crippen LogP contribution in [0, 0.1) is 0 Å². The van der Waals surface area contributed by atoms with Crippen LogP contribution in [0.3, 0.4) is 0 Å². The van der Waals surface area contributed by atoms with Gasteiger partial charge in [-0.2, -0.15) is 0 Å². The summed E-state index contributed by atoms with van der Waals surface area (Å²) in [5.41, 5.74) is 0. The number of anilines is 1. The number of sulfonamides is 1. The molecule has 0 fully saturated rings. The summed E-state index contributed by atoms with van der Waals surface area (Å²) < 4.78 is 27.5. The lowest BCUT2D eigenvalue weighted by molar-refractivity contribution is 0.273. The van der Waals surface area contributed by atoms with Crippen LogP contribution >= 0.6 is 11.3 Å². The van der Waals surface area contributed by atoms with Crippen molar-refractivity contribution in [1.82, 2.24) is 4.98 Å². The molecule has 2 heterocycles. The van der Waals surface area contributed by atoms with Crippen LogP contribution in [0.2, 0.25) is 0 Å². The number of aliphatic hydroxyl groups is 1. The second-order valence-corrected chi connectivity index (χ2v) is 6.57. The van der Waals surface area contributed by atoms with E-state index in [0.717, 1.165) is 11.3 Å². The quantitative estimate of drug-likeness (QED) is 0.730. The van der Waals surface area contributed by atoms with Gasteiger partial charge in [0.1, 0.15) is 5.76 Å². The number of aromatic nitrogens is 1. The number of nitrogens with zero attached hydrogens (tertiary/aromatic N) is 1. The van der Waals surface area contributed by atoms with E-state index in [1.807, 2.05) is 0 Å². The van der Waals surface area contributed by atoms with E-state index in [1.54, 1.807) is 12.1 Å². The maximum atomic E-state index is 11.1.